The van der Waals surface area contributed by atoms with Crippen molar-refractivity contribution in [2.24, 2.45) is 7.05 Å². The van der Waals surface area contributed by atoms with Crippen molar-refractivity contribution in [2.75, 3.05) is 13.1 Å². The number of halogens is 2. The molecule has 0 radical (unpaired) electrons. The number of carbonyl (C=O) groups is 2. The van der Waals surface area contributed by atoms with E-state index < -0.39 is 0 Å². The van der Waals surface area contributed by atoms with E-state index in [2.05, 4.69) is 26.6 Å². The molecule has 0 spiro atoms. The van der Waals surface area contributed by atoms with Crippen LogP contribution in [0, 0.1) is 0 Å². The van der Waals surface area contributed by atoms with E-state index in [-0.39, 0.29) is 11.8 Å². The summed E-state index contributed by atoms with van der Waals surface area (Å²) < 4.78 is 2.57. The number of rotatable bonds is 5. The second-order valence-electron chi connectivity index (χ2n) is 4.67. The number of nitrogens with one attached hydrogen (secondary N) is 2. The minimum atomic E-state index is -0.201. The van der Waals surface area contributed by atoms with Gasteiger partial charge in [0, 0.05) is 41.4 Å². The molecule has 0 aliphatic heterocycles. The Morgan fingerprint density at radius 2 is 1.73 bits per heavy atom. The Morgan fingerprint density at radius 1 is 1.14 bits per heavy atom. The molecule has 0 aliphatic rings. The van der Waals surface area contributed by atoms with Gasteiger partial charge in [0.25, 0.3) is 11.8 Å². The lowest BCUT2D eigenvalue weighted by Gasteiger charge is -2.08. The number of hydrogen-bond donors (Lipinski definition) is 2. The number of amides is 2. The molecule has 1 heterocycles. The van der Waals surface area contributed by atoms with Crippen LogP contribution in [0.3, 0.4) is 0 Å². The van der Waals surface area contributed by atoms with E-state index in [4.69, 9.17) is 11.6 Å². The fourth-order valence-electron chi connectivity index (χ4n) is 1.90. The zero-order chi connectivity index (χ0) is 16.1. The summed E-state index contributed by atoms with van der Waals surface area (Å²) >= 11 is 9.08. The van der Waals surface area contributed by atoms with E-state index in [1.807, 2.05) is 0 Å². The highest BCUT2D eigenvalue weighted by Gasteiger charge is 2.10. The van der Waals surface area contributed by atoms with Gasteiger partial charge < -0.3 is 15.2 Å². The molecule has 0 saturated carbocycles. The Bertz CT molecular complexity index is 683. The molecule has 2 N–H and O–H groups in total. The van der Waals surface area contributed by atoms with Gasteiger partial charge in [-0.05, 0) is 46.3 Å². The van der Waals surface area contributed by atoms with Crippen molar-refractivity contribution in [3.63, 3.8) is 0 Å². The molecule has 2 amide bonds. The Labute approximate surface area is 141 Å². The van der Waals surface area contributed by atoms with Crippen LogP contribution in [0.4, 0.5) is 0 Å². The number of aryl methyl sites for hydroxylation is 1. The molecule has 116 valence electrons. The summed E-state index contributed by atoms with van der Waals surface area (Å²) in [5.74, 6) is -0.388. The van der Waals surface area contributed by atoms with E-state index in [0.717, 1.165) is 4.47 Å². The third kappa shape index (κ3) is 4.35. The molecule has 0 atom stereocenters. The molecule has 0 fully saturated rings. The Kier molecular flexibility index (Phi) is 5.63. The Morgan fingerprint density at radius 3 is 2.27 bits per heavy atom. The molecular weight excluding hydrogens is 370 g/mol. The number of hydrogen-bond acceptors (Lipinski definition) is 2. The van der Waals surface area contributed by atoms with Gasteiger partial charge in [0.05, 0.1) is 0 Å². The van der Waals surface area contributed by atoms with Gasteiger partial charge in [0.2, 0.25) is 0 Å². The van der Waals surface area contributed by atoms with E-state index in [0.29, 0.717) is 29.4 Å². The fourth-order valence-corrected chi connectivity index (χ4v) is 2.55. The summed E-state index contributed by atoms with van der Waals surface area (Å²) in [6.45, 7) is 0.694. The van der Waals surface area contributed by atoms with Crippen LogP contribution in [0.15, 0.2) is 41.0 Å². The van der Waals surface area contributed by atoms with Gasteiger partial charge in [0.15, 0.2) is 0 Å². The van der Waals surface area contributed by atoms with Gasteiger partial charge in [-0.15, -0.1) is 0 Å². The summed E-state index contributed by atoms with van der Waals surface area (Å²) in [5, 5.41) is 6.07. The van der Waals surface area contributed by atoms with Crippen molar-refractivity contribution in [3.05, 3.63) is 57.3 Å². The van der Waals surface area contributed by atoms with Crippen LogP contribution in [0.1, 0.15) is 20.8 Å². The molecule has 1 aromatic heterocycles. The summed E-state index contributed by atoms with van der Waals surface area (Å²) in [6.07, 6.45) is 1.80. The smallest absolute Gasteiger partial charge is 0.267 e. The normalized spacial score (nSPS) is 10.3. The molecule has 2 aromatic rings. The third-order valence-electron chi connectivity index (χ3n) is 3.01. The second-order valence-corrected chi connectivity index (χ2v) is 6.03. The summed E-state index contributed by atoms with van der Waals surface area (Å²) in [7, 11) is 1.79. The van der Waals surface area contributed by atoms with Crippen LogP contribution in [-0.2, 0) is 7.05 Å². The van der Waals surface area contributed by atoms with Gasteiger partial charge in [-0.3, -0.25) is 9.59 Å². The first kappa shape index (κ1) is 16.6. The molecular formula is C15H15BrClN3O2. The molecule has 2 rings (SSSR count). The fraction of sp³-hybridized carbons (Fsp3) is 0.200. The summed E-state index contributed by atoms with van der Waals surface area (Å²) in [5.41, 5.74) is 1.08. The van der Waals surface area contributed by atoms with E-state index in [1.54, 1.807) is 48.1 Å². The van der Waals surface area contributed by atoms with Crippen molar-refractivity contribution in [1.29, 1.82) is 0 Å². The minimum absolute atomic E-state index is 0.186. The van der Waals surface area contributed by atoms with Crippen molar-refractivity contribution < 1.29 is 9.59 Å². The van der Waals surface area contributed by atoms with Gasteiger partial charge >= 0.3 is 0 Å². The predicted molar refractivity (Wildman–Crippen MR) is 89.2 cm³/mol. The van der Waals surface area contributed by atoms with Crippen molar-refractivity contribution in [3.8, 4) is 0 Å². The highest BCUT2D eigenvalue weighted by Crippen LogP contribution is 2.13. The lowest BCUT2D eigenvalue weighted by atomic mass is 10.2. The first-order valence-corrected chi connectivity index (χ1v) is 7.78. The van der Waals surface area contributed by atoms with Gasteiger partial charge in [0.1, 0.15) is 5.69 Å². The van der Waals surface area contributed by atoms with Gasteiger partial charge in [-0.2, -0.15) is 0 Å². The zero-order valence-corrected chi connectivity index (χ0v) is 14.2. The molecule has 7 heteroatoms. The van der Waals surface area contributed by atoms with E-state index >= 15 is 0 Å². The molecule has 22 heavy (non-hydrogen) atoms. The highest BCUT2D eigenvalue weighted by molar-refractivity contribution is 9.10. The average molecular weight is 385 g/mol. The minimum Gasteiger partial charge on any atom is -0.350 e. The Hall–Kier alpha value is -1.79. The maximum Gasteiger partial charge on any atom is 0.267 e. The number of carbonyl (C=O) groups excluding carboxylic acids is 2. The third-order valence-corrected chi connectivity index (χ3v) is 3.69. The van der Waals surface area contributed by atoms with Gasteiger partial charge in [-0.25, -0.2) is 0 Å². The lowest BCUT2D eigenvalue weighted by Crippen LogP contribution is -2.35. The largest absolute Gasteiger partial charge is 0.350 e. The first-order valence-electron chi connectivity index (χ1n) is 6.61. The highest BCUT2D eigenvalue weighted by atomic mass is 79.9. The number of aromatic nitrogens is 1. The van der Waals surface area contributed by atoms with Crippen LogP contribution >= 0.6 is 27.5 Å². The van der Waals surface area contributed by atoms with Crippen LogP contribution in [-0.4, -0.2) is 29.5 Å². The maximum absolute atomic E-state index is 12.0. The maximum atomic E-state index is 12.0. The molecule has 0 bridgehead atoms. The Balaban J connectivity index is 1.77. The quantitative estimate of drug-likeness (QED) is 0.778. The summed E-state index contributed by atoms with van der Waals surface area (Å²) in [4.78, 5) is 23.8. The zero-order valence-electron chi connectivity index (χ0n) is 11.9. The topological polar surface area (TPSA) is 63.1 Å². The SMILES string of the molecule is Cn1cc(Br)cc1C(=O)NCCNC(=O)c1ccc(Cl)cc1. The van der Waals surface area contributed by atoms with Crippen LogP contribution < -0.4 is 10.6 Å². The predicted octanol–water partition coefficient (Wildman–Crippen LogP) is 2.60. The molecule has 5 nitrogen and oxygen atoms in total. The number of nitrogens with zero attached hydrogens (tertiary/aromatic N) is 1. The summed E-state index contributed by atoms with van der Waals surface area (Å²) in [6, 6.07) is 8.36. The average Bonchev–Trinajstić information content (AvgIpc) is 2.82. The van der Waals surface area contributed by atoms with E-state index in [1.165, 1.54) is 0 Å². The van der Waals surface area contributed by atoms with Crippen LogP contribution in [0.25, 0.3) is 0 Å². The van der Waals surface area contributed by atoms with Crippen LogP contribution in [0.2, 0.25) is 5.02 Å². The second kappa shape index (κ2) is 7.47. The van der Waals surface area contributed by atoms with Crippen molar-refractivity contribution >= 4 is 39.3 Å². The lowest BCUT2D eigenvalue weighted by molar-refractivity contribution is 0.0923. The molecule has 0 aliphatic carbocycles. The first-order chi connectivity index (χ1) is 10.5. The van der Waals surface area contributed by atoms with Crippen molar-refractivity contribution in [2.45, 2.75) is 0 Å². The molecule has 1 aromatic carbocycles. The standard InChI is InChI=1S/C15H15BrClN3O2/c1-20-9-11(16)8-13(20)15(22)19-7-6-18-14(21)10-2-4-12(17)5-3-10/h2-5,8-9H,6-7H2,1H3,(H,18,21)(H,19,22). The van der Waals surface area contributed by atoms with Crippen LogP contribution in [0.5, 0.6) is 0 Å². The monoisotopic (exact) mass is 383 g/mol. The van der Waals surface area contributed by atoms with Crippen molar-refractivity contribution in [1.82, 2.24) is 15.2 Å². The van der Waals surface area contributed by atoms with E-state index in [9.17, 15) is 9.59 Å². The molecule has 0 unspecified atom stereocenters. The molecule has 0 saturated heterocycles. The van der Waals surface area contributed by atoms with Gasteiger partial charge in [-0.1, -0.05) is 11.6 Å². The number of benzene rings is 1.